The molecule has 1 N–H and O–H groups in total. The topological polar surface area (TPSA) is 60.7 Å². The van der Waals surface area contributed by atoms with Gasteiger partial charge in [-0.25, -0.2) is 0 Å². The van der Waals surface area contributed by atoms with Gasteiger partial charge in [-0.2, -0.15) is 0 Å². The van der Waals surface area contributed by atoms with E-state index in [-0.39, 0.29) is 5.91 Å². The zero-order valence-corrected chi connectivity index (χ0v) is 20.7. The Labute approximate surface area is 207 Å². The van der Waals surface area contributed by atoms with E-state index in [1.807, 2.05) is 44.2 Å². The van der Waals surface area contributed by atoms with E-state index in [0.717, 1.165) is 44.5 Å². The van der Waals surface area contributed by atoms with Gasteiger partial charge in [-0.05, 0) is 61.4 Å². The number of carbonyl (C=O) groups excluding carboxylic acids is 1. The molecule has 0 aliphatic rings. The zero-order chi connectivity index (χ0) is 24.4. The molecule has 0 spiro atoms. The third kappa shape index (κ3) is 4.63. The molecule has 174 valence electrons. The monoisotopic (exact) mass is 495 g/mol. The predicted octanol–water partition coefficient (Wildman–Crippen LogP) is 7.77. The summed E-state index contributed by atoms with van der Waals surface area (Å²) in [6.45, 7) is 3.81. The fraction of sp³-hybridized carbons (Fsp3) is 0.148. The SMILES string of the molecule is COc1ccc(-c2coc3c(C)c(OC)c(/C(C)=C/C(=O)Nc4ccc(Cl)c(Cl)c4)cc23)cc1. The minimum Gasteiger partial charge on any atom is -0.497 e. The molecule has 4 aromatic rings. The van der Waals surface area contributed by atoms with Crippen LogP contribution in [-0.4, -0.2) is 20.1 Å². The number of carbonyl (C=O) groups is 1. The number of hydrogen-bond acceptors (Lipinski definition) is 4. The van der Waals surface area contributed by atoms with Gasteiger partial charge in [0.25, 0.3) is 0 Å². The van der Waals surface area contributed by atoms with Crippen molar-refractivity contribution in [1.82, 2.24) is 0 Å². The number of furan rings is 1. The highest BCUT2D eigenvalue weighted by atomic mass is 35.5. The Balaban J connectivity index is 1.74. The van der Waals surface area contributed by atoms with Crippen LogP contribution >= 0.6 is 23.2 Å². The number of allylic oxidation sites excluding steroid dienone is 1. The van der Waals surface area contributed by atoms with Gasteiger partial charge in [-0.3, -0.25) is 4.79 Å². The molecule has 0 radical (unpaired) electrons. The lowest BCUT2D eigenvalue weighted by Gasteiger charge is -2.13. The quantitative estimate of drug-likeness (QED) is 0.277. The number of anilines is 1. The van der Waals surface area contributed by atoms with Gasteiger partial charge in [0.2, 0.25) is 5.91 Å². The fourth-order valence-electron chi connectivity index (χ4n) is 3.89. The molecule has 1 aromatic heterocycles. The summed E-state index contributed by atoms with van der Waals surface area (Å²) in [7, 11) is 3.24. The summed E-state index contributed by atoms with van der Waals surface area (Å²) in [6, 6.07) is 14.7. The van der Waals surface area contributed by atoms with Gasteiger partial charge in [0.15, 0.2) is 0 Å². The van der Waals surface area contributed by atoms with Gasteiger partial charge >= 0.3 is 0 Å². The highest BCUT2D eigenvalue weighted by Gasteiger charge is 2.19. The number of ether oxygens (including phenoxy) is 2. The van der Waals surface area contributed by atoms with Crippen molar-refractivity contribution >= 4 is 51.3 Å². The third-order valence-corrected chi connectivity index (χ3v) is 6.35. The van der Waals surface area contributed by atoms with Crippen molar-refractivity contribution < 1.29 is 18.7 Å². The molecule has 0 bridgehead atoms. The van der Waals surface area contributed by atoms with Crippen molar-refractivity contribution in [3.05, 3.63) is 82.0 Å². The molecular weight excluding hydrogens is 473 g/mol. The molecule has 0 aliphatic carbocycles. The Hall–Kier alpha value is -3.41. The van der Waals surface area contributed by atoms with Crippen LogP contribution in [0, 0.1) is 6.92 Å². The molecule has 0 saturated carbocycles. The zero-order valence-electron chi connectivity index (χ0n) is 19.2. The maximum atomic E-state index is 12.7. The first-order valence-electron chi connectivity index (χ1n) is 10.5. The fourth-order valence-corrected chi connectivity index (χ4v) is 4.19. The molecule has 0 unspecified atom stereocenters. The lowest BCUT2D eigenvalue weighted by atomic mass is 9.96. The summed E-state index contributed by atoms with van der Waals surface area (Å²) in [5.41, 5.74) is 5.62. The highest BCUT2D eigenvalue weighted by molar-refractivity contribution is 6.42. The number of halogens is 2. The van der Waals surface area contributed by atoms with Crippen LogP contribution in [0.5, 0.6) is 11.5 Å². The van der Waals surface area contributed by atoms with Gasteiger partial charge in [-0.1, -0.05) is 35.3 Å². The van der Waals surface area contributed by atoms with E-state index in [1.165, 1.54) is 6.08 Å². The number of benzene rings is 3. The molecule has 1 heterocycles. The van der Waals surface area contributed by atoms with Crippen molar-refractivity contribution in [2.45, 2.75) is 13.8 Å². The minimum absolute atomic E-state index is 0.293. The Bertz CT molecular complexity index is 1400. The molecule has 34 heavy (non-hydrogen) atoms. The Kier molecular flexibility index (Phi) is 6.87. The van der Waals surface area contributed by atoms with Crippen molar-refractivity contribution in [2.75, 3.05) is 19.5 Å². The normalized spacial score (nSPS) is 11.5. The van der Waals surface area contributed by atoms with E-state index in [4.69, 9.17) is 37.1 Å². The third-order valence-electron chi connectivity index (χ3n) is 5.61. The van der Waals surface area contributed by atoms with Gasteiger partial charge in [0.05, 0.1) is 30.5 Å². The number of amides is 1. The number of fused-ring (bicyclic) bond motifs is 1. The van der Waals surface area contributed by atoms with Crippen LogP contribution in [0.1, 0.15) is 18.1 Å². The number of rotatable bonds is 6. The summed E-state index contributed by atoms with van der Waals surface area (Å²) in [5.74, 6) is 1.14. The molecule has 0 saturated heterocycles. The minimum atomic E-state index is -0.293. The standard InChI is InChI=1S/C27H23Cl2NO4/c1-15(11-25(31)30-18-7-10-23(28)24(29)12-18)20-13-21-22(17-5-8-19(32-3)9-6-17)14-34-27(21)16(2)26(20)33-4/h5-14H,1-4H3,(H,30,31)/b15-11+. The first kappa shape index (κ1) is 23.7. The highest BCUT2D eigenvalue weighted by Crippen LogP contribution is 2.40. The largest absolute Gasteiger partial charge is 0.497 e. The van der Waals surface area contributed by atoms with Crippen molar-refractivity contribution in [2.24, 2.45) is 0 Å². The van der Waals surface area contributed by atoms with E-state index in [9.17, 15) is 4.79 Å². The maximum Gasteiger partial charge on any atom is 0.248 e. The molecule has 5 nitrogen and oxygen atoms in total. The second kappa shape index (κ2) is 9.84. The van der Waals surface area contributed by atoms with Crippen LogP contribution in [0.2, 0.25) is 10.0 Å². The predicted molar refractivity (Wildman–Crippen MR) is 138 cm³/mol. The van der Waals surface area contributed by atoms with E-state index < -0.39 is 0 Å². The Morgan fingerprint density at radius 1 is 1.00 bits per heavy atom. The molecule has 0 fully saturated rings. The van der Waals surface area contributed by atoms with Crippen LogP contribution in [0.15, 0.2) is 65.3 Å². The van der Waals surface area contributed by atoms with Crippen molar-refractivity contribution in [3.8, 4) is 22.6 Å². The van der Waals surface area contributed by atoms with E-state index in [1.54, 1.807) is 38.7 Å². The van der Waals surface area contributed by atoms with Crippen LogP contribution < -0.4 is 14.8 Å². The summed E-state index contributed by atoms with van der Waals surface area (Å²) in [5, 5.41) is 4.53. The first-order chi connectivity index (χ1) is 16.3. The van der Waals surface area contributed by atoms with E-state index in [0.29, 0.717) is 21.5 Å². The molecule has 0 aliphatic heterocycles. The van der Waals surface area contributed by atoms with Crippen LogP contribution in [0.4, 0.5) is 5.69 Å². The Morgan fingerprint density at radius 2 is 1.74 bits per heavy atom. The summed E-state index contributed by atoms with van der Waals surface area (Å²) >= 11 is 12.0. The first-order valence-corrected chi connectivity index (χ1v) is 11.3. The van der Waals surface area contributed by atoms with Crippen LogP contribution in [-0.2, 0) is 4.79 Å². The number of methoxy groups -OCH3 is 2. The van der Waals surface area contributed by atoms with Gasteiger partial charge in [0.1, 0.15) is 17.1 Å². The molecule has 3 aromatic carbocycles. The van der Waals surface area contributed by atoms with E-state index in [2.05, 4.69) is 5.32 Å². The maximum absolute atomic E-state index is 12.7. The van der Waals surface area contributed by atoms with E-state index >= 15 is 0 Å². The van der Waals surface area contributed by atoms with Gasteiger partial charge < -0.3 is 19.2 Å². The average molecular weight is 496 g/mol. The summed E-state index contributed by atoms with van der Waals surface area (Å²) < 4.78 is 16.9. The lowest BCUT2D eigenvalue weighted by molar-refractivity contribution is -0.111. The van der Waals surface area contributed by atoms with Gasteiger partial charge in [0, 0.05) is 33.8 Å². The van der Waals surface area contributed by atoms with Crippen molar-refractivity contribution in [1.29, 1.82) is 0 Å². The van der Waals surface area contributed by atoms with Gasteiger partial charge in [-0.15, -0.1) is 0 Å². The second-order valence-electron chi connectivity index (χ2n) is 7.78. The number of hydrogen-bond donors (Lipinski definition) is 1. The number of nitrogens with one attached hydrogen (secondary N) is 1. The second-order valence-corrected chi connectivity index (χ2v) is 8.60. The van der Waals surface area contributed by atoms with Crippen LogP contribution in [0.3, 0.4) is 0 Å². The smallest absolute Gasteiger partial charge is 0.248 e. The average Bonchev–Trinajstić information content (AvgIpc) is 3.25. The molecule has 7 heteroatoms. The number of aryl methyl sites for hydroxylation is 1. The molecule has 0 atom stereocenters. The summed E-state index contributed by atoms with van der Waals surface area (Å²) in [4.78, 5) is 12.7. The molecule has 1 amide bonds. The van der Waals surface area contributed by atoms with Crippen molar-refractivity contribution in [3.63, 3.8) is 0 Å². The molecule has 4 rings (SSSR count). The Morgan fingerprint density at radius 3 is 2.38 bits per heavy atom. The summed E-state index contributed by atoms with van der Waals surface area (Å²) in [6.07, 6.45) is 3.26. The lowest BCUT2D eigenvalue weighted by Crippen LogP contribution is -2.08. The molecular formula is C27H23Cl2NO4. The van der Waals surface area contributed by atoms with Crippen LogP contribution in [0.25, 0.3) is 27.7 Å².